The van der Waals surface area contributed by atoms with E-state index in [2.05, 4.69) is 44.6 Å². The second-order valence-electron chi connectivity index (χ2n) is 7.07. The molecule has 146 valence electrons. The second-order valence-corrected chi connectivity index (χ2v) is 7.07. The number of hydrogen-bond acceptors (Lipinski definition) is 6. The van der Waals surface area contributed by atoms with Crippen LogP contribution in [0.2, 0.25) is 0 Å². The van der Waals surface area contributed by atoms with Crippen LogP contribution in [0.5, 0.6) is 0 Å². The molecule has 1 amide bonds. The Hall–Kier alpha value is -3.00. The van der Waals surface area contributed by atoms with Crippen LogP contribution in [0.1, 0.15) is 24.0 Å². The quantitative estimate of drug-likeness (QED) is 0.690. The van der Waals surface area contributed by atoms with Gasteiger partial charge in [-0.05, 0) is 42.2 Å². The Kier molecular flexibility index (Phi) is 5.21. The van der Waals surface area contributed by atoms with Gasteiger partial charge < -0.3 is 20.9 Å². The van der Waals surface area contributed by atoms with E-state index in [-0.39, 0.29) is 17.8 Å². The molecular formula is C20H23FN6O. The van der Waals surface area contributed by atoms with Gasteiger partial charge in [-0.1, -0.05) is 12.6 Å². The fourth-order valence-electron chi connectivity index (χ4n) is 3.65. The number of amides is 1. The summed E-state index contributed by atoms with van der Waals surface area (Å²) in [6, 6.07) is 6.01. The van der Waals surface area contributed by atoms with Crippen molar-refractivity contribution in [2.45, 2.75) is 32.0 Å². The molecule has 0 aliphatic carbocycles. The van der Waals surface area contributed by atoms with Crippen LogP contribution in [0.4, 0.5) is 21.8 Å². The van der Waals surface area contributed by atoms with Crippen LogP contribution in [-0.4, -0.2) is 39.9 Å². The molecule has 1 atom stereocenters. The predicted molar refractivity (Wildman–Crippen MR) is 106 cm³/mol. The third kappa shape index (κ3) is 3.96. The minimum atomic E-state index is -0.518. The van der Waals surface area contributed by atoms with Crippen molar-refractivity contribution in [3.05, 3.63) is 54.0 Å². The molecule has 1 unspecified atom stereocenters. The maximum Gasteiger partial charge on any atom is 0.246 e. The molecule has 0 bridgehead atoms. The number of piperidine rings is 1. The number of anilines is 3. The molecule has 2 aliphatic rings. The van der Waals surface area contributed by atoms with Crippen molar-refractivity contribution in [2.24, 2.45) is 0 Å². The lowest BCUT2D eigenvalue weighted by Gasteiger charge is -2.32. The van der Waals surface area contributed by atoms with Gasteiger partial charge in [0.05, 0.1) is 6.20 Å². The molecule has 2 aromatic rings. The van der Waals surface area contributed by atoms with Gasteiger partial charge in [-0.2, -0.15) is 4.98 Å². The number of rotatable bonds is 5. The lowest BCUT2D eigenvalue weighted by Crippen LogP contribution is -2.44. The van der Waals surface area contributed by atoms with Crippen molar-refractivity contribution in [3.8, 4) is 0 Å². The van der Waals surface area contributed by atoms with Crippen LogP contribution in [0.3, 0.4) is 0 Å². The molecule has 1 fully saturated rings. The van der Waals surface area contributed by atoms with E-state index >= 15 is 0 Å². The molecule has 1 saturated heterocycles. The highest BCUT2D eigenvalue weighted by Gasteiger charge is 2.23. The zero-order chi connectivity index (χ0) is 19.5. The van der Waals surface area contributed by atoms with Crippen molar-refractivity contribution in [1.29, 1.82) is 0 Å². The van der Waals surface area contributed by atoms with Crippen LogP contribution in [0.15, 0.2) is 37.1 Å². The number of likely N-dealkylation sites (tertiary alicyclic amines) is 1. The van der Waals surface area contributed by atoms with Crippen molar-refractivity contribution >= 4 is 23.4 Å². The van der Waals surface area contributed by atoms with Gasteiger partial charge in [0, 0.05) is 37.9 Å². The number of nitrogens with one attached hydrogen (secondary N) is 3. The Balaban J connectivity index is 1.46. The summed E-state index contributed by atoms with van der Waals surface area (Å²) in [6.07, 6.45) is 4.15. The summed E-state index contributed by atoms with van der Waals surface area (Å²) in [6.45, 7) is 6.43. The maximum atomic E-state index is 14.2. The lowest BCUT2D eigenvalue weighted by atomic mass is 10.1. The van der Waals surface area contributed by atoms with Gasteiger partial charge in [-0.15, -0.1) is 0 Å². The fraction of sp³-hybridized carbons (Fsp3) is 0.350. The van der Waals surface area contributed by atoms with Crippen LogP contribution in [0, 0.1) is 5.82 Å². The monoisotopic (exact) mass is 382 g/mol. The largest absolute Gasteiger partial charge is 0.363 e. The highest BCUT2D eigenvalue weighted by Crippen LogP contribution is 2.23. The van der Waals surface area contributed by atoms with Gasteiger partial charge in [0.15, 0.2) is 11.6 Å². The molecule has 2 aliphatic heterocycles. The summed E-state index contributed by atoms with van der Waals surface area (Å²) in [4.78, 5) is 21.9. The van der Waals surface area contributed by atoms with Gasteiger partial charge in [0.25, 0.3) is 0 Å². The Bertz CT molecular complexity index is 902. The number of fused-ring (bicyclic) bond motifs is 1. The first-order valence-corrected chi connectivity index (χ1v) is 9.42. The van der Waals surface area contributed by atoms with Crippen LogP contribution >= 0.6 is 0 Å². The summed E-state index contributed by atoms with van der Waals surface area (Å²) in [5.41, 5.74) is 3.38. The normalized spacial score (nSPS) is 18.5. The topological polar surface area (TPSA) is 82.2 Å². The van der Waals surface area contributed by atoms with Gasteiger partial charge in [0.1, 0.15) is 0 Å². The average molecular weight is 382 g/mol. The number of carbonyl (C=O) groups is 1. The SMILES string of the molecule is C=CC(=O)N1CCCC(Nc2nc(Nc3ccc4c(c3)CNC4)ncc2F)C1. The van der Waals surface area contributed by atoms with Crippen molar-refractivity contribution in [2.75, 3.05) is 23.7 Å². The van der Waals surface area contributed by atoms with E-state index in [1.54, 1.807) is 4.90 Å². The number of carbonyl (C=O) groups excluding carboxylic acids is 1. The molecule has 0 spiro atoms. The van der Waals surface area contributed by atoms with E-state index in [1.165, 1.54) is 17.2 Å². The molecule has 28 heavy (non-hydrogen) atoms. The molecule has 7 nitrogen and oxygen atoms in total. The molecule has 3 N–H and O–H groups in total. The van der Waals surface area contributed by atoms with Gasteiger partial charge >= 0.3 is 0 Å². The smallest absolute Gasteiger partial charge is 0.246 e. The molecular weight excluding hydrogens is 359 g/mol. The van der Waals surface area contributed by atoms with Crippen LogP contribution in [0.25, 0.3) is 0 Å². The number of benzene rings is 1. The molecule has 1 aromatic heterocycles. The van der Waals surface area contributed by atoms with Gasteiger partial charge in [0.2, 0.25) is 11.9 Å². The maximum absolute atomic E-state index is 14.2. The van der Waals surface area contributed by atoms with E-state index in [1.807, 2.05) is 6.07 Å². The Labute approximate surface area is 163 Å². The zero-order valence-corrected chi connectivity index (χ0v) is 15.5. The first-order chi connectivity index (χ1) is 13.6. The summed E-state index contributed by atoms with van der Waals surface area (Å²) in [7, 11) is 0. The molecule has 1 aromatic carbocycles. The molecule has 8 heteroatoms. The minimum Gasteiger partial charge on any atom is -0.363 e. The fourth-order valence-corrected chi connectivity index (χ4v) is 3.65. The van der Waals surface area contributed by atoms with Crippen molar-refractivity contribution < 1.29 is 9.18 Å². The first kappa shape index (κ1) is 18.4. The minimum absolute atomic E-state index is 0.0685. The Morgan fingerprint density at radius 2 is 2.21 bits per heavy atom. The number of halogens is 1. The third-order valence-corrected chi connectivity index (χ3v) is 5.09. The summed E-state index contributed by atoms with van der Waals surface area (Å²) in [5.74, 6) is -0.165. The van der Waals surface area contributed by atoms with Crippen molar-refractivity contribution in [1.82, 2.24) is 20.2 Å². The third-order valence-electron chi connectivity index (χ3n) is 5.09. The van der Waals surface area contributed by atoms with E-state index < -0.39 is 5.82 Å². The average Bonchev–Trinajstić information content (AvgIpc) is 3.18. The van der Waals surface area contributed by atoms with E-state index in [0.29, 0.717) is 19.0 Å². The summed E-state index contributed by atoms with van der Waals surface area (Å²) < 4.78 is 14.2. The molecule has 3 heterocycles. The van der Waals surface area contributed by atoms with Crippen molar-refractivity contribution in [3.63, 3.8) is 0 Å². The highest BCUT2D eigenvalue weighted by atomic mass is 19.1. The highest BCUT2D eigenvalue weighted by molar-refractivity contribution is 5.87. The molecule has 0 saturated carbocycles. The Morgan fingerprint density at radius 1 is 1.36 bits per heavy atom. The first-order valence-electron chi connectivity index (χ1n) is 9.42. The number of hydrogen-bond donors (Lipinski definition) is 3. The van der Waals surface area contributed by atoms with Gasteiger partial charge in [-0.25, -0.2) is 9.37 Å². The van der Waals surface area contributed by atoms with Gasteiger partial charge in [-0.3, -0.25) is 4.79 Å². The van der Waals surface area contributed by atoms with E-state index in [4.69, 9.17) is 0 Å². The zero-order valence-electron chi connectivity index (χ0n) is 15.5. The van der Waals surface area contributed by atoms with E-state index in [0.717, 1.165) is 37.8 Å². The standard InChI is InChI=1S/C20H23FN6O/c1-2-18(28)27-7-3-4-16(12-27)24-19-17(21)11-23-20(26-19)25-15-6-5-13-9-22-10-14(13)8-15/h2,5-6,8,11,16,22H,1,3-4,7,9-10,12H2,(H2,23,24,25,26). The Morgan fingerprint density at radius 3 is 3.07 bits per heavy atom. The molecule has 0 radical (unpaired) electrons. The second kappa shape index (κ2) is 7.93. The summed E-state index contributed by atoms with van der Waals surface area (Å²) in [5, 5.41) is 9.57. The van der Waals surface area contributed by atoms with E-state index in [9.17, 15) is 9.18 Å². The number of nitrogens with zero attached hydrogens (tertiary/aromatic N) is 3. The lowest BCUT2D eigenvalue weighted by molar-refractivity contribution is -0.127. The number of aromatic nitrogens is 2. The van der Waals surface area contributed by atoms with Crippen LogP contribution in [-0.2, 0) is 17.9 Å². The molecule has 4 rings (SSSR count). The van der Waals surface area contributed by atoms with Crippen LogP contribution < -0.4 is 16.0 Å². The summed E-state index contributed by atoms with van der Waals surface area (Å²) >= 11 is 0. The predicted octanol–water partition coefficient (Wildman–Crippen LogP) is 2.55.